The van der Waals surface area contributed by atoms with Crippen LogP contribution in [0.25, 0.3) is 22.5 Å². The van der Waals surface area contributed by atoms with Crippen LogP contribution in [0.15, 0.2) is 60.9 Å². The molecule has 2 heterocycles. The molecule has 0 unspecified atom stereocenters. The second-order valence-electron chi connectivity index (χ2n) is 8.44. The largest absolute Gasteiger partial charge is 0.212 e. The topological polar surface area (TPSA) is 7.76 Å². The normalized spacial score (nSPS) is 11.6. The summed E-state index contributed by atoms with van der Waals surface area (Å²) in [7, 11) is 4.23. The highest BCUT2D eigenvalue weighted by Crippen LogP contribution is 2.30. The molecular weight excluding hydrogens is 316 g/mol. The fourth-order valence-corrected chi connectivity index (χ4v) is 3.60. The highest BCUT2D eigenvalue weighted by molar-refractivity contribution is 5.73. The summed E-state index contributed by atoms with van der Waals surface area (Å²) in [5, 5.41) is 0. The molecule has 2 nitrogen and oxygen atoms in total. The third-order valence-electron chi connectivity index (χ3n) is 4.89. The zero-order valence-electron chi connectivity index (χ0n) is 16.9. The van der Waals surface area contributed by atoms with Crippen LogP contribution in [0.3, 0.4) is 0 Å². The minimum Gasteiger partial charge on any atom is -0.201 e. The minimum absolute atomic E-state index is 0.284. The van der Waals surface area contributed by atoms with Gasteiger partial charge in [-0.3, -0.25) is 0 Å². The summed E-state index contributed by atoms with van der Waals surface area (Å²) in [6.07, 6.45) is 5.36. The molecule has 0 aliphatic carbocycles. The van der Waals surface area contributed by atoms with E-state index in [-0.39, 0.29) is 5.41 Å². The van der Waals surface area contributed by atoms with E-state index in [1.165, 1.54) is 33.6 Å². The van der Waals surface area contributed by atoms with Crippen LogP contribution in [0, 0.1) is 12.3 Å². The SMILES string of the molecule is Cc1c(-c2cccc[n+]2C)cccc1-c1cc(CC(C)(C)C)cc[n+]1C. The fourth-order valence-electron chi connectivity index (χ4n) is 3.60. The maximum atomic E-state index is 2.35. The molecule has 2 aromatic heterocycles. The molecule has 0 saturated heterocycles. The van der Waals surface area contributed by atoms with Gasteiger partial charge in [0.25, 0.3) is 0 Å². The number of hydrogen-bond acceptors (Lipinski definition) is 0. The summed E-state index contributed by atoms with van der Waals surface area (Å²) in [5.41, 5.74) is 8.08. The van der Waals surface area contributed by atoms with Gasteiger partial charge in [-0.15, -0.1) is 0 Å². The van der Waals surface area contributed by atoms with Gasteiger partial charge in [-0.2, -0.15) is 0 Å². The minimum atomic E-state index is 0.284. The first kappa shape index (κ1) is 18.3. The van der Waals surface area contributed by atoms with Gasteiger partial charge in [0, 0.05) is 35.4 Å². The Hall–Kier alpha value is -2.48. The van der Waals surface area contributed by atoms with Crippen LogP contribution >= 0.6 is 0 Å². The Kier molecular flexibility index (Phi) is 4.95. The molecule has 0 bridgehead atoms. The molecule has 0 radical (unpaired) electrons. The summed E-state index contributed by atoms with van der Waals surface area (Å²) in [6, 6.07) is 17.6. The maximum absolute atomic E-state index is 2.35. The van der Waals surface area contributed by atoms with E-state index in [0.717, 1.165) is 6.42 Å². The van der Waals surface area contributed by atoms with Gasteiger partial charge in [-0.1, -0.05) is 26.8 Å². The molecule has 0 spiro atoms. The van der Waals surface area contributed by atoms with Gasteiger partial charge in [0.05, 0.1) is 0 Å². The van der Waals surface area contributed by atoms with Gasteiger partial charge in [-0.05, 0) is 48.1 Å². The molecule has 1 aromatic carbocycles. The molecule has 0 amide bonds. The summed E-state index contributed by atoms with van der Waals surface area (Å²) >= 11 is 0. The van der Waals surface area contributed by atoms with Crippen molar-refractivity contribution in [1.82, 2.24) is 0 Å². The van der Waals surface area contributed by atoms with Gasteiger partial charge in [0.15, 0.2) is 12.4 Å². The molecule has 0 fully saturated rings. The first-order valence-corrected chi connectivity index (χ1v) is 9.30. The zero-order chi connectivity index (χ0) is 18.9. The number of benzene rings is 1. The maximum Gasteiger partial charge on any atom is 0.212 e. The van der Waals surface area contributed by atoms with E-state index < -0.39 is 0 Å². The number of aryl methyl sites for hydroxylation is 2. The van der Waals surface area contributed by atoms with Crippen LogP contribution in [0.4, 0.5) is 0 Å². The molecule has 2 heteroatoms. The van der Waals surface area contributed by atoms with Crippen molar-refractivity contribution < 1.29 is 9.13 Å². The van der Waals surface area contributed by atoms with Crippen molar-refractivity contribution in [2.24, 2.45) is 19.5 Å². The smallest absolute Gasteiger partial charge is 0.201 e. The van der Waals surface area contributed by atoms with Gasteiger partial charge in [0.2, 0.25) is 11.4 Å². The van der Waals surface area contributed by atoms with Crippen molar-refractivity contribution in [3.8, 4) is 22.5 Å². The number of pyridine rings is 2. The van der Waals surface area contributed by atoms with Crippen LogP contribution < -0.4 is 9.13 Å². The molecule has 0 N–H and O–H groups in total. The Morgan fingerprint density at radius 3 is 2.08 bits per heavy atom. The average Bonchev–Trinajstić information content (AvgIpc) is 2.57. The predicted octanol–water partition coefficient (Wildman–Crippen LogP) is 4.57. The van der Waals surface area contributed by atoms with Crippen LogP contribution in [0.5, 0.6) is 0 Å². The van der Waals surface area contributed by atoms with Gasteiger partial charge < -0.3 is 0 Å². The van der Waals surface area contributed by atoms with Crippen molar-refractivity contribution in [2.75, 3.05) is 0 Å². The van der Waals surface area contributed by atoms with E-state index in [9.17, 15) is 0 Å². The number of nitrogens with zero attached hydrogens (tertiary/aromatic N) is 2. The molecule has 0 aliphatic rings. The quantitative estimate of drug-likeness (QED) is 0.614. The van der Waals surface area contributed by atoms with Crippen molar-refractivity contribution in [3.05, 3.63) is 72.1 Å². The van der Waals surface area contributed by atoms with Crippen molar-refractivity contribution in [2.45, 2.75) is 34.1 Å². The standard InChI is InChI=1S/C24H30N2/c1-18-20(22-12-7-8-14-25(22)5)10-9-11-21(18)23-16-19(13-15-26(23)6)17-24(2,3)4/h7-16H,17H2,1-6H3/q+2. The summed E-state index contributed by atoms with van der Waals surface area (Å²) in [5.74, 6) is 0. The Morgan fingerprint density at radius 2 is 1.42 bits per heavy atom. The Labute approximate surface area is 157 Å². The summed E-state index contributed by atoms with van der Waals surface area (Å²) in [6.45, 7) is 9.11. The Morgan fingerprint density at radius 1 is 0.769 bits per heavy atom. The monoisotopic (exact) mass is 346 g/mol. The second kappa shape index (κ2) is 7.03. The molecular formula is C24H30N2+2. The van der Waals surface area contributed by atoms with Gasteiger partial charge in [-0.25, -0.2) is 9.13 Å². The fraction of sp³-hybridized carbons (Fsp3) is 0.333. The van der Waals surface area contributed by atoms with Gasteiger partial charge in [0.1, 0.15) is 14.1 Å². The van der Waals surface area contributed by atoms with Crippen LogP contribution in [-0.4, -0.2) is 0 Å². The van der Waals surface area contributed by atoms with Crippen LogP contribution in [0.1, 0.15) is 31.9 Å². The lowest BCUT2D eigenvalue weighted by molar-refractivity contribution is -0.660. The van der Waals surface area contributed by atoms with E-state index in [4.69, 9.17) is 0 Å². The molecule has 3 rings (SSSR count). The second-order valence-corrected chi connectivity index (χ2v) is 8.44. The summed E-state index contributed by atoms with van der Waals surface area (Å²) in [4.78, 5) is 0. The number of rotatable bonds is 3. The molecule has 26 heavy (non-hydrogen) atoms. The predicted molar refractivity (Wildman–Crippen MR) is 108 cm³/mol. The number of aromatic nitrogens is 2. The van der Waals surface area contributed by atoms with Crippen LogP contribution in [-0.2, 0) is 20.5 Å². The van der Waals surface area contributed by atoms with E-state index in [0.29, 0.717) is 0 Å². The van der Waals surface area contributed by atoms with E-state index in [2.05, 4.69) is 112 Å². The molecule has 0 atom stereocenters. The highest BCUT2D eigenvalue weighted by Gasteiger charge is 2.20. The lowest BCUT2D eigenvalue weighted by Crippen LogP contribution is -2.32. The van der Waals surface area contributed by atoms with E-state index in [1.807, 2.05) is 0 Å². The summed E-state index contributed by atoms with van der Waals surface area (Å²) < 4.78 is 4.41. The first-order valence-electron chi connectivity index (χ1n) is 9.30. The zero-order valence-corrected chi connectivity index (χ0v) is 16.9. The Bertz CT molecular complexity index is 933. The van der Waals surface area contributed by atoms with E-state index >= 15 is 0 Å². The third-order valence-corrected chi connectivity index (χ3v) is 4.89. The lowest BCUT2D eigenvalue weighted by atomic mass is 9.87. The number of hydrogen-bond donors (Lipinski definition) is 0. The van der Waals surface area contributed by atoms with E-state index in [1.54, 1.807) is 0 Å². The third kappa shape index (κ3) is 3.85. The molecule has 3 aromatic rings. The average molecular weight is 347 g/mol. The lowest BCUT2D eigenvalue weighted by Gasteiger charge is -2.18. The van der Waals surface area contributed by atoms with Crippen molar-refractivity contribution in [3.63, 3.8) is 0 Å². The van der Waals surface area contributed by atoms with Crippen molar-refractivity contribution in [1.29, 1.82) is 0 Å². The van der Waals surface area contributed by atoms with Crippen molar-refractivity contribution >= 4 is 0 Å². The highest BCUT2D eigenvalue weighted by atomic mass is 14.9. The molecule has 0 saturated carbocycles. The van der Waals surface area contributed by atoms with Gasteiger partial charge >= 0.3 is 0 Å². The Balaban J connectivity index is 2.12. The van der Waals surface area contributed by atoms with Crippen LogP contribution in [0.2, 0.25) is 0 Å². The molecule has 0 aliphatic heterocycles. The molecule has 134 valence electrons. The first-order chi connectivity index (χ1) is 12.3.